The molecule has 4 rings (SSSR count). The van der Waals surface area contributed by atoms with Crippen molar-refractivity contribution in [2.45, 2.75) is 95.8 Å². The number of piperidine rings is 1. The summed E-state index contributed by atoms with van der Waals surface area (Å²) in [5, 5.41) is 12.8. The molecule has 2 fully saturated rings. The zero-order valence-corrected chi connectivity index (χ0v) is 28.0. The molecule has 0 aliphatic carbocycles. The van der Waals surface area contributed by atoms with Gasteiger partial charge >= 0.3 is 5.97 Å². The Morgan fingerprint density at radius 3 is 2.47 bits per heavy atom. The summed E-state index contributed by atoms with van der Waals surface area (Å²) < 4.78 is 6.26. The highest BCUT2D eigenvalue weighted by Crippen LogP contribution is 2.24. The van der Waals surface area contributed by atoms with Crippen molar-refractivity contribution < 1.29 is 33.5 Å². The summed E-state index contributed by atoms with van der Waals surface area (Å²) in [6.07, 6.45) is 7.10. The number of unbranched alkanes of at least 4 members (excludes halogenated alkanes) is 2. The maximum absolute atomic E-state index is 14.1. The molecule has 4 amide bonds. The van der Waals surface area contributed by atoms with E-state index in [1.807, 2.05) is 38.1 Å². The molecule has 2 saturated heterocycles. The maximum Gasteiger partial charge on any atom is 0.319 e. The molecule has 0 bridgehead atoms. The lowest BCUT2D eigenvalue weighted by molar-refractivity contribution is -0.147. The first-order chi connectivity index (χ1) is 22.7. The van der Waals surface area contributed by atoms with Crippen LogP contribution in [0.2, 0.25) is 0 Å². The van der Waals surface area contributed by atoms with Crippen molar-refractivity contribution in [1.29, 1.82) is 0 Å². The molecule has 0 saturated carbocycles. The van der Waals surface area contributed by atoms with E-state index in [2.05, 4.69) is 26.0 Å². The Morgan fingerprint density at radius 2 is 1.72 bits per heavy atom. The van der Waals surface area contributed by atoms with Gasteiger partial charge in [-0.25, -0.2) is 0 Å². The minimum atomic E-state index is -1.02. The van der Waals surface area contributed by atoms with Gasteiger partial charge in [-0.05, 0) is 56.2 Å². The van der Waals surface area contributed by atoms with Gasteiger partial charge in [-0.15, -0.1) is 0 Å². The zero-order chi connectivity index (χ0) is 33.9. The van der Waals surface area contributed by atoms with E-state index in [0.29, 0.717) is 38.8 Å². The molecule has 0 spiro atoms. The molecule has 13 nitrogen and oxygen atoms in total. The molecule has 4 N–H and O–H groups in total. The minimum absolute atomic E-state index is 0.124. The summed E-state index contributed by atoms with van der Waals surface area (Å²) in [6, 6.07) is 4.16. The second kappa shape index (κ2) is 17.1. The van der Waals surface area contributed by atoms with Crippen molar-refractivity contribution in [1.82, 2.24) is 30.9 Å². The van der Waals surface area contributed by atoms with Crippen molar-refractivity contribution in [3.8, 4) is 0 Å². The third kappa shape index (κ3) is 9.03. The lowest BCUT2D eigenvalue weighted by Gasteiger charge is -2.39. The van der Waals surface area contributed by atoms with E-state index >= 15 is 0 Å². The fraction of sp³-hybridized carbons (Fsp3) is 0.618. The smallest absolute Gasteiger partial charge is 0.319 e. The van der Waals surface area contributed by atoms with Crippen LogP contribution in [0.1, 0.15) is 70.8 Å². The molecule has 13 heteroatoms. The predicted octanol–water partition coefficient (Wildman–Crippen LogP) is 1.46. The average molecular weight is 655 g/mol. The molecule has 1 aromatic heterocycles. The lowest BCUT2D eigenvalue weighted by Crippen LogP contribution is -2.64. The zero-order valence-electron chi connectivity index (χ0n) is 28.0. The number of methoxy groups -OCH3 is 1. The van der Waals surface area contributed by atoms with Crippen LogP contribution in [-0.2, 0) is 35.1 Å². The average Bonchev–Trinajstić information content (AvgIpc) is 3.45. The number of aromatic nitrogens is 1. The fourth-order valence-electron chi connectivity index (χ4n) is 6.39. The van der Waals surface area contributed by atoms with Gasteiger partial charge in [0.1, 0.15) is 31.3 Å². The number of rotatable bonds is 13. The largest absolute Gasteiger partial charge is 0.468 e. The Balaban J connectivity index is 1.60. The van der Waals surface area contributed by atoms with Gasteiger partial charge < -0.3 is 35.7 Å². The van der Waals surface area contributed by atoms with Crippen molar-refractivity contribution in [3.05, 3.63) is 36.0 Å². The van der Waals surface area contributed by atoms with Gasteiger partial charge in [-0.1, -0.05) is 51.3 Å². The van der Waals surface area contributed by atoms with Crippen molar-refractivity contribution in [3.63, 3.8) is 0 Å². The molecule has 0 radical (unpaired) electrons. The second-order valence-electron chi connectivity index (χ2n) is 12.5. The molecule has 47 heavy (non-hydrogen) atoms. The number of nitrogens with one attached hydrogen (secondary N) is 4. The van der Waals surface area contributed by atoms with E-state index in [9.17, 15) is 24.0 Å². The van der Waals surface area contributed by atoms with Gasteiger partial charge in [0.2, 0.25) is 23.6 Å². The summed E-state index contributed by atoms with van der Waals surface area (Å²) in [7, 11) is 2.89. The highest BCUT2D eigenvalue weighted by molar-refractivity contribution is 5.98. The van der Waals surface area contributed by atoms with Gasteiger partial charge in [0, 0.05) is 24.5 Å². The normalized spacial score (nSPS) is 23.1. The number of nitrogens with zero attached hydrogens (tertiary/aromatic N) is 2. The molecule has 0 unspecified atom stereocenters. The number of ether oxygens (including phenoxy) is 1. The van der Waals surface area contributed by atoms with E-state index in [1.54, 1.807) is 22.9 Å². The number of hydrogen-bond acceptors (Lipinski definition) is 8. The summed E-state index contributed by atoms with van der Waals surface area (Å²) in [5.41, 5.74) is 1.61. The SMILES string of the molecule is CC[C@H](C)[C@@H]1NC(=O)[C@H](Cc2cn(OC)c3ccccc23)NC(=O)[C@H](CCCCCNCC(=O)OC)NC(=O)[C@H]2CCCCN2C1=O. The van der Waals surface area contributed by atoms with Gasteiger partial charge in [-0.3, -0.25) is 24.0 Å². The standard InChI is InChI=1S/C34H50N6O7/c1-5-22(2)30-34(45)39-18-12-10-16-28(39)33(44)36-25(14-7-6-11-17-35-20-29(41)46-3)31(42)37-26(32(43)38-30)19-23-21-40(47-4)27-15-9-8-13-24(23)27/h8-9,13,15,21-22,25-26,28,30,35H,5-7,10-12,14,16-20H2,1-4H3,(H,36,44)(H,37,42)(H,38,43)/t22-,25-,26-,28+,30-/m0/s1. The molecule has 2 aliphatic rings. The molecular weight excluding hydrogens is 604 g/mol. The van der Waals surface area contributed by atoms with Crippen LogP contribution < -0.4 is 26.1 Å². The molecule has 5 atom stereocenters. The van der Waals surface area contributed by atoms with Crippen LogP contribution in [0.3, 0.4) is 0 Å². The van der Waals surface area contributed by atoms with Crippen LogP contribution in [0.5, 0.6) is 0 Å². The van der Waals surface area contributed by atoms with E-state index in [-0.39, 0.29) is 36.7 Å². The Hall–Kier alpha value is -4.13. The van der Waals surface area contributed by atoms with E-state index in [0.717, 1.165) is 42.1 Å². The predicted molar refractivity (Wildman–Crippen MR) is 176 cm³/mol. The van der Waals surface area contributed by atoms with Crippen molar-refractivity contribution in [2.75, 3.05) is 33.9 Å². The Labute approximate surface area is 276 Å². The number of esters is 1. The number of fused-ring (bicyclic) bond motifs is 2. The highest BCUT2D eigenvalue weighted by Gasteiger charge is 2.40. The fourth-order valence-corrected chi connectivity index (χ4v) is 6.39. The summed E-state index contributed by atoms with van der Waals surface area (Å²) >= 11 is 0. The van der Waals surface area contributed by atoms with Crippen LogP contribution in [0.4, 0.5) is 0 Å². The number of carbonyl (C=O) groups excluding carboxylic acids is 5. The van der Waals surface area contributed by atoms with Gasteiger partial charge in [-0.2, -0.15) is 4.73 Å². The van der Waals surface area contributed by atoms with Crippen LogP contribution in [0.25, 0.3) is 10.9 Å². The third-order valence-corrected chi connectivity index (χ3v) is 9.36. The van der Waals surface area contributed by atoms with E-state index < -0.39 is 36.0 Å². The molecule has 2 aromatic rings. The Kier molecular flexibility index (Phi) is 13.0. The highest BCUT2D eigenvalue weighted by atomic mass is 16.6. The second-order valence-corrected chi connectivity index (χ2v) is 12.5. The quantitative estimate of drug-likeness (QED) is 0.187. The summed E-state index contributed by atoms with van der Waals surface area (Å²) in [5.74, 6) is -2.07. The first-order valence-electron chi connectivity index (χ1n) is 16.8. The Bertz CT molecular complexity index is 1410. The molecule has 2 aliphatic heterocycles. The molecule has 3 heterocycles. The van der Waals surface area contributed by atoms with E-state index in [4.69, 9.17) is 4.84 Å². The van der Waals surface area contributed by atoms with E-state index in [1.165, 1.54) is 7.11 Å². The van der Waals surface area contributed by atoms with Gasteiger partial charge in [0.25, 0.3) is 0 Å². The van der Waals surface area contributed by atoms with Crippen LogP contribution >= 0.6 is 0 Å². The van der Waals surface area contributed by atoms with Crippen molar-refractivity contribution in [2.24, 2.45) is 5.92 Å². The minimum Gasteiger partial charge on any atom is -0.468 e. The molecule has 258 valence electrons. The summed E-state index contributed by atoms with van der Waals surface area (Å²) in [6.45, 7) is 5.01. The summed E-state index contributed by atoms with van der Waals surface area (Å²) in [4.78, 5) is 74.3. The first kappa shape index (κ1) is 35.7. The lowest BCUT2D eigenvalue weighted by atomic mass is 9.93. The molecule has 1 aromatic carbocycles. The van der Waals surface area contributed by atoms with Crippen LogP contribution in [0.15, 0.2) is 30.5 Å². The number of benzene rings is 1. The number of amides is 4. The number of hydrogen-bond donors (Lipinski definition) is 4. The van der Waals surface area contributed by atoms with Crippen molar-refractivity contribution >= 4 is 40.5 Å². The Morgan fingerprint density at radius 1 is 0.979 bits per heavy atom. The molecular formula is C34H50N6O7. The topological polar surface area (TPSA) is 160 Å². The number of carbonyl (C=O) groups is 5. The monoisotopic (exact) mass is 654 g/mol. The van der Waals surface area contributed by atoms with Gasteiger partial charge in [0.05, 0.1) is 19.2 Å². The van der Waals surface area contributed by atoms with Crippen LogP contribution in [-0.4, -0.2) is 97.2 Å². The van der Waals surface area contributed by atoms with Crippen LogP contribution in [0, 0.1) is 5.92 Å². The number of para-hydroxylation sites is 1. The maximum atomic E-state index is 14.1. The van der Waals surface area contributed by atoms with Gasteiger partial charge in [0.15, 0.2) is 0 Å². The third-order valence-electron chi connectivity index (χ3n) is 9.36. The first-order valence-corrected chi connectivity index (χ1v) is 16.8.